The second-order valence-corrected chi connectivity index (χ2v) is 7.06. The SMILES string of the molecule is CC(C)C1CCCC(N(C)C2CCC(N)CC2)C1. The average Bonchev–Trinajstić information content (AvgIpc) is 2.39. The topological polar surface area (TPSA) is 29.3 Å². The first-order valence-corrected chi connectivity index (χ1v) is 8.05. The minimum absolute atomic E-state index is 0.476. The van der Waals surface area contributed by atoms with E-state index >= 15 is 0 Å². The minimum atomic E-state index is 0.476. The number of rotatable bonds is 3. The van der Waals surface area contributed by atoms with Gasteiger partial charge in [0.15, 0.2) is 0 Å². The zero-order valence-electron chi connectivity index (χ0n) is 12.6. The van der Waals surface area contributed by atoms with E-state index in [1.165, 1.54) is 51.4 Å². The first kappa shape index (κ1) is 14.3. The molecule has 0 aromatic rings. The molecule has 2 aliphatic rings. The summed E-state index contributed by atoms with van der Waals surface area (Å²) in [6.45, 7) is 4.79. The maximum Gasteiger partial charge on any atom is 0.00978 e. The Morgan fingerprint density at radius 2 is 1.61 bits per heavy atom. The molecule has 2 fully saturated rings. The average molecular weight is 252 g/mol. The standard InChI is InChI=1S/C16H32N2/c1-12(2)13-5-4-6-16(11-13)18(3)15-9-7-14(17)8-10-15/h12-16H,4-11,17H2,1-3H3. The second-order valence-electron chi connectivity index (χ2n) is 7.06. The molecule has 0 aromatic carbocycles. The molecule has 0 radical (unpaired) electrons. The van der Waals surface area contributed by atoms with Crippen LogP contribution in [0, 0.1) is 11.8 Å². The Bertz CT molecular complexity index is 243. The van der Waals surface area contributed by atoms with Gasteiger partial charge in [0.2, 0.25) is 0 Å². The first-order valence-electron chi connectivity index (χ1n) is 8.05. The van der Waals surface area contributed by atoms with Gasteiger partial charge in [0.25, 0.3) is 0 Å². The third-order valence-corrected chi connectivity index (χ3v) is 5.52. The lowest BCUT2D eigenvalue weighted by atomic mass is 9.78. The Labute approximate surface area is 113 Å². The molecular weight excluding hydrogens is 220 g/mol. The van der Waals surface area contributed by atoms with Crippen LogP contribution in [-0.2, 0) is 0 Å². The second kappa shape index (κ2) is 6.38. The molecule has 106 valence electrons. The fraction of sp³-hybridized carbons (Fsp3) is 1.00. The van der Waals surface area contributed by atoms with Crippen molar-refractivity contribution < 1.29 is 0 Å². The Morgan fingerprint density at radius 1 is 0.944 bits per heavy atom. The molecule has 0 bridgehead atoms. The van der Waals surface area contributed by atoms with E-state index in [2.05, 4.69) is 25.8 Å². The van der Waals surface area contributed by atoms with Crippen molar-refractivity contribution in [1.82, 2.24) is 4.90 Å². The van der Waals surface area contributed by atoms with Gasteiger partial charge in [-0.1, -0.05) is 26.7 Å². The van der Waals surface area contributed by atoms with Gasteiger partial charge >= 0.3 is 0 Å². The van der Waals surface area contributed by atoms with E-state index in [0.29, 0.717) is 6.04 Å². The van der Waals surface area contributed by atoms with Gasteiger partial charge in [0, 0.05) is 18.1 Å². The maximum absolute atomic E-state index is 6.02. The highest BCUT2D eigenvalue weighted by Crippen LogP contribution is 2.34. The van der Waals surface area contributed by atoms with Crippen LogP contribution in [0.4, 0.5) is 0 Å². The highest BCUT2D eigenvalue weighted by atomic mass is 15.2. The van der Waals surface area contributed by atoms with Crippen LogP contribution in [0.1, 0.15) is 65.2 Å². The summed E-state index contributed by atoms with van der Waals surface area (Å²) in [4.78, 5) is 2.71. The lowest BCUT2D eigenvalue weighted by Gasteiger charge is -2.42. The predicted octanol–water partition coefficient (Wildman–Crippen LogP) is 3.40. The number of nitrogens with zero attached hydrogens (tertiary/aromatic N) is 1. The minimum Gasteiger partial charge on any atom is -0.328 e. The molecule has 2 unspecified atom stereocenters. The van der Waals surface area contributed by atoms with E-state index in [9.17, 15) is 0 Å². The fourth-order valence-electron chi connectivity index (χ4n) is 3.98. The molecule has 2 heteroatoms. The lowest BCUT2D eigenvalue weighted by Crippen LogP contribution is -2.46. The molecule has 0 amide bonds. The van der Waals surface area contributed by atoms with Gasteiger partial charge in [0.05, 0.1) is 0 Å². The van der Waals surface area contributed by atoms with E-state index in [1.807, 2.05) is 0 Å². The smallest absolute Gasteiger partial charge is 0.00978 e. The van der Waals surface area contributed by atoms with E-state index in [0.717, 1.165) is 23.9 Å². The van der Waals surface area contributed by atoms with Crippen molar-refractivity contribution in [3.8, 4) is 0 Å². The lowest BCUT2D eigenvalue weighted by molar-refractivity contribution is 0.0795. The summed E-state index contributed by atoms with van der Waals surface area (Å²) in [5.41, 5.74) is 6.02. The summed E-state index contributed by atoms with van der Waals surface area (Å²) in [5, 5.41) is 0. The molecule has 0 spiro atoms. The van der Waals surface area contributed by atoms with Crippen LogP contribution in [-0.4, -0.2) is 30.1 Å². The van der Waals surface area contributed by atoms with E-state index in [1.54, 1.807) is 0 Å². The van der Waals surface area contributed by atoms with Gasteiger partial charge in [0.1, 0.15) is 0 Å². The third-order valence-electron chi connectivity index (χ3n) is 5.52. The quantitative estimate of drug-likeness (QED) is 0.834. The van der Waals surface area contributed by atoms with Crippen LogP contribution in [0.3, 0.4) is 0 Å². The Morgan fingerprint density at radius 3 is 2.22 bits per heavy atom. The zero-order valence-corrected chi connectivity index (χ0v) is 12.6. The normalized spacial score (nSPS) is 38.3. The summed E-state index contributed by atoms with van der Waals surface area (Å²) in [6.07, 6.45) is 10.8. The van der Waals surface area contributed by atoms with Crippen LogP contribution < -0.4 is 5.73 Å². The summed E-state index contributed by atoms with van der Waals surface area (Å²) in [5.74, 6) is 1.82. The summed E-state index contributed by atoms with van der Waals surface area (Å²) in [7, 11) is 2.37. The Kier molecular flexibility index (Phi) is 5.08. The molecule has 2 saturated carbocycles. The van der Waals surface area contributed by atoms with Gasteiger partial charge in [-0.05, 0) is 57.4 Å². The molecule has 18 heavy (non-hydrogen) atoms. The molecule has 0 aliphatic heterocycles. The molecule has 0 saturated heterocycles. The van der Waals surface area contributed by atoms with E-state index in [4.69, 9.17) is 5.73 Å². The zero-order chi connectivity index (χ0) is 13.1. The number of nitrogens with two attached hydrogens (primary N) is 1. The van der Waals surface area contributed by atoms with Gasteiger partial charge in [-0.2, -0.15) is 0 Å². The molecule has 2 aliphatic carbocycles. The molecule has 0 heterocycles. The van der Waals surface area contributed by atoms with E-state index in [-0.39, 0.29) is 0 Å². The van der Waals surface area contributed by atoms with Crippen molar-refractivity contribution in [3.05, 3.63) is 0 Å². The Balaban J connectivity index is 1.86. The highest BCUT2D eigenvalue weighted by molar-refractivity contribution is 4.86. The van der Waals surface area contributed by atoms with Crippen LogP contribution in [0.5, 0.6) is 0 Å². The molecule has 0 aromatic heterocycles. The largest absolute Gasteiger partial charge is 0.328 e. The highest BCUT2D eigenvalue weighted by Gasteiger charge is 2.31. The van der Waals surface area contributed by atoms with Crippen LogP contribution >= 0.6 is 0 Å². The van der Waals surface area contributed by atoms with Crippen LogP contribution in [0.15, 0.2) is 0 Å². The predicted molar refractivity (Wildman–Crippen MR) is 78.6 cm³/mol. The maximum atomic E-state index is 6.02. The van der Waals surface area contributed by atoms with Gasteiger partial charge in [-0.15, -0.1) is 0 Å². The fourth-order valence-corrected chi connectivity index (χ4v) is 3.98. The molecule has 2 rings (SSSR count). The van der Waals surface area contributed by atoms with E-state index < -0.39 is 0 Å². The molecule has 2 N–H and O–H groups in total. The molecule has 2 atom stereocenters. The van der Waals surface area contributed by atoms with Crippen LogP contribution in [0.2, 0.25) is 0 Å². The van der Waals surface area contributed by atoms with Gasteiger partial charge in [-0.3, -0.25) is 0 Å². The monoisotopic (exact) mass is 252 g/mol. The summed E-state index contributed by atoms with van der Waals surface area (Å²) < 4.78 is 0. The number of hydrogen-bond donors (Lipinski definition) is 1. The van der Waals surface area contributed by atoms with Crippen molar-refractivity contribution in [2.24, 2.45) is 17.6 Å². The van der Waals surface area contributed by atoms with Gasteiger partial charge < -0.3 is 10.6 Å². The third kappa shape index (κ3) is 3.48. The summed E-state index contributed by atoms with van der Waals surface area (Å²) in [6, 6.07) is 2.12. The van der Waals surface area contributed by atoms with Crippen molar-refractivity contribution >= 4 is 0 Å². The molecular formula is C16H32N2. The van der Waals surface area contributed by atoms with Crippen molar-refractivity contribution in [3.63, 3.8) is 0 Å². The van der Waals surface area contributed by atoms with Crippen LogP contribution in [0.25, 0.3) is 0 Å². The number of hydrogen-bond acceptors (Lipinski definition) is 2. The Hall–Kier alpha value is -0.0800. The van der Waals surface area contributed by atoms with Crippen molar-refractivity contribution in [1.29, 1.82) is 0 Å². The van der Waals surface area contributed by atoms with Crippen molar-refractivity contribution in [2.75, 3.05) is 7.05 Å². The first-order chi connectivity index (χ1) is 8.58. The molecule has 2 nitrogen and oxygen atoms in total. The van der Waals surface area contributed by atoms with Crippen molar-refractivity contribution in [2.45, 2.75) is 83.3 Å². The summed E-state index contributed by atoms with van der Waals surface area (Å²) >= 11 is 0. The van der Waals surface area contributed by atoms with Gasteiger partial charge in [-0.25, -0.2) is 0 Å².